The van der Waals surface area contributed by atoms with Gasteiger partial charge in [-0.2, -0.15) is 0 Å². The molecule has 0 spiro atoms. The first-order valence-electron chi connectivity index (χ1n) is 2.55. The smallest absolute Gasteiger partial charge is 0.0502 e. The topological polar surface area (TPSA) is 3.24 Å². The first-order valence-corrected chi connectivity index (χ1v) is 4.08. The molecule has 0 aliphatic rings. The van der Waals surface area contributed by atoms with Crippen molar-refractivity contribution in [2.75, 3.05) is 18.1 Å². The van der Waals surface area contributed by atoms with Gasteiger partial charge in [0.1, 0.15) is 0 Å². The normalized spacial score (nSPS) is 10.3. The second-order valence-corrected chi connectivity index (χ2v) is 2.38. The molecule has 0 aromatic carbocycles. The average molecular weight is 213 g/mol. The lowest BCUT2D eigenvalue weighted by Gasteiger charge is -2.08. The number of hydrogen-bond donors (Lipinski definition) is 0. The van der Waals surface area contributed by atoms with E-state index >= 15 is 0 Å². The molecule has 0 amide bonds. The van der Waals surface area contributed by atoms with Crippen LogP contribution >= 0.6 is 22.6 Å². The standard InChI is InChI=1S/C5H12IN/c1-3-4-7(2)5-6/h3-5H2,1-2H3. The summed E-state index contributed by atoms with van der Waals surface area (Å²) < 4.78 is 1.14. The third-order valence-corrected chi connectivity index (χ3v) is 1.97. The molecule has 0 aromatic heterocycles. The minimum atomic E-state index is 1.14. The molecule has 7 heavy (non-hydrogen) atoms. The Labute approximate surface area is 59.2 Å². The second kappa shape index (κ2) is 4.84. The van der Waals surface area contributed by atoms with E-state index in [1.807, 2.05) is 0 Å². The van der Waals surface area contributed by atoms with Crippen molar-refractivity contribution in [2.24, 2.45) is 0 Å². The molecule has 0 radical (unpaired) electrons. The maximum absolute atomic E-state index is 2.36. The maximum atomic E-state index is 2.36. The first kappa shape index (κ1) is 7.69. The molecule has 0 atom stereocenters. The lowest BCUT2D eigenvalue weighted by atomic mass is 10.5. The van der Waals surface area contributed by atoms with Crippen LogP contribution in [0.4, 0.5) is 0 Å². The van der Waals surface area contributed by atoms with Crippen LogP contribution in [0.2, 0.25) is 0 Å². The van der Waals surface area contributed by atoms with Gasteiger partial charge in [-0.15, -0.1) is 0 Å². The first-order chi connectivity index (χ1) is 3.31. The zero-order valence-electron chi connectivity index (χ0n) is 4.95. The van der Waals surface area contributed by atoms with Gasteiger partial charge in [0.25, 0.3) is 0 Å². The molecule has 0 saturated carbocycles. The summed E-state index contributed by atoms with van der Waals surface area (Å²) in [4.78, 5) is 2.29. The summed E-state index contributed by atoms with van der Waals surface area (Å²) in [6, 6.07) is 0. The molecule has 0 heterocycles. The highest BCUT2D eigenvalue weighted by Crippen LogP contribution is 1.89. The Hall–Kier alpha value is 0.690. The Morgan fingerprint density at radius 3 is 2.29 bits per heavy atom. The van der Waals surface area contributed by atoms with Crippen molar-refractivity contribution in [3.05, 3.63) is 0 Å². The summed E-state index contributed by atoms with van der Waals surface area (Å²) in [6.45, 7) is 3.42. The molecule has 0 aliphatic carbocycles. The van der Waals surface area contributed by atoms with Crippen LogP contribution in [0.5, 0.6) is 0 Å². The molecule has 0 unspecified atom stereocenters. The predicted octanol–water partition coefficient (Wildman–Crippen LogP) is 1.72. The lowest BCUT2D eigenvalue weighted by molar-refractivity contribution is 0.401. The third-order valence-electron chi connectivity index (χ3n) is 0.809. The van der Waals surface area contributed by atoms with E-state index in [0.717, 1.165) is 4.55 Å². The van der Waals surface area contributed by atoms with Gasteiger partial charge in [-0.3, -0.25) is 4.90 Å². The van der Waals surface area contributed by atoms with E-state index in [-0.39, 0.29) is 0 Å². The van der Waals surface area contributed by atoms with Crippen molar-refractivity contribution in [1.29, 1.82) is 0 Å². The largest absolute Gasteiger partial charge is 0.297 e. The van der Waals surface area contributed by atoms with Gasteiger partial charge >= 0.3 is 0 Å². The summed E-state index contributed by atoms with van der Waals surface area (Å²) in [6.07, 6.45) is 1.26. The van der Waals surface area contributed by atoms with Crippen LogP contribution in [0.15, 0.2) is 0 Å². The number of alkyl halides is 1. The molecular weight excluding hydrogens is 201 g/mol. The van der Waals surface area contributed by atoms with Crippen molar-refractivity contribution in [1.82, 2.24) is 4.90 Å². The summed E-state index contributed by atoms with van der Waals surface area (Å²) in [5, 5.41) is 0. The van der Waals surface area contributed by atoms with Crippen molar-refractivity contribution in [3.8, 4) is 0 Å². The number of rotatable bonds is 3. The zero-order chi connectivity index (χ0) is 5.70. The van der Waals surface area contributed by atoms with Gasteiger partial charge in [0, 0.05) is 0 Å². The summed E-state index contributed by atoms with van der Waals surface area (Å²) >= 11 is 2.36. The van der Waals surface area contributed by atoms with E-state index in [2.05, 4.69) is 41.5 Å². The number of nitrogens with zero attached hydrogens (tertiary/aromatic N) is 1. The van der Waals surface area contributed by atoms with Crippen molar-refractivity contribution < 1.29 is 0 Å². The van der Waals surface area contributed by atoms with Crippen LogP contribution in [0, 0.1) is 0 Å². The molecule has 0 saturated heterocycles. The summed E-state index contributed by atoms with van der Waals surface area (Å²) in [5.41, 5.74) is 0. The van der Waals surface area contributed by atoms with E-state index in [9.17, 15) is 0 Å². The molecule has 0 bridgehead atoms. The Balaban J connectivity index is 2.83. The SMILES string of the molecule is CCCN(C)CI. The molecule has 44 valence electrons. The lowest BCUT2D eigenvalue weighted by Crippen LogP contribution is -2.15. The van der Waals surface area contributed by atoms with Crippen LogP contribution in [-0.2, 0) is 0 Å². The van der Waals surface area contributed by atoms with Gasteiger partial charge < -0.3 is 0 Å². The highest BCUT2D eigenvalue weighted by molar-refractivity contribution is 14.1. The monoisotopic (exact) mass is 213 g/mol. The molecule has 0 N–H and O–H groups in total. The van der Waals surface area contributed by atoms with Crippen LogP contribution in [0.3, 0.4) is 0 Å². The molecule has 0 rings (SSSR count). The quantitative estimate of drug-likeness (QED) is 0.392. The Bertz CT molecular complexity index is 39.1. The van der Waals surface area contributed by atoms with E-state index in [1.165, 1.54) is 13.0 Å². The van der Waals surface area contributed by atoms with Crippen molar-refractivity contribution >= 4 is 22.6 Å². The van der Waals surface area contributed by atoms with Gasteiger partial charge in [0.2, 0.25) is 0 Å². The number of halogens is 1. The average Bonchev–Trinajstić information content (AvgIpc) is 1.68. The zero-order valence-corrected chi connectivity index (χ0v) is 7.10. The van der Waals surface area contributed by atoms with Crippen LogP contribution < -0.4 is 0 Å². The van der Waals surface area contributed by atoms with Gasteiger partial charge in [0.15, 0.2) is 0 Å². The Morgan fingerprint density at radius 1 is 1.57 bits per heavy atom. The van der Waals surface area contributed by atoms with E-state index in [4.69, 9.17) is 0 Å². The molecule has 2 heteroatoms. The van der Waals surface area contributed by atoms with Crippen molar-refractivity contribution in [2.45, 2.75) is 13.3 Å². The summed E-state index contributed by atoms with van der Waals surface area (Å²) in [7, 11) is 2.13. The van der Waals surface area contributed by atoms with Gasteiger partial charge in [-0.05, 0) is 20.0 Å². The molecule has 0 aliphatic heterocycles. The van der Waals surface area contributed by atoms with Crippen LogP contribution in [0.1, 0.15) is 13.3 Å². The highest BCUT2D eigenvalue weighted by atomic mass is 127. The highest BCUT2D eigenvalue weighted by Gasteiger charge is 1.87. The van der Waals surface area contributed by atoms with Gasteiger partial charge in [0.05, 0.1) is 4.55 Å². The van der Waals surface area contributed by atoms with Crippen molar-refractivity contribution in [3.63, 3.8) is 0 Å². The molecule has 1 nitrogen and oxygen atoms in total. The Kier molecular flexibility index (Phi) is 5.32. The minimum absolute atomic E-state index is 1.14. The van der Waals surface area contributed by atoms with E-state index in [0.29, 0.717) is 0 Å². The second-order valence-electron chi connectivity index (χ2n) is 1.70. The third kappa shape index (κ3) is 4.55. The predicted molar refractivity (Wildman–Crippen MR) is 41.8 cm³/mol. The van der Waals surface area contributed by atoms with E-state index in [1.54, 1.807) is 0 Å². The molecular formula is C5H12IN. The van der Waals surface area contributed by atoms with Crippen LogP contribution in [-0.4, -0.2) is 23.0 Å². The fourth-order valence-corrected chi connectivity index (χ4v) is 0.783. The molecule has 0 fully saturated rings. The Morgan fingerprint density at radius 2 is 2.14 bits per heavy atom. The fraction of sp³-hybridized carbons (Fsp3) is 1.00. The minimum Gasteiger partial charge on any atom is -0.297 e. The molecule has 0 aromatic rings. The van der Waals surface area contributed by atoms with Gasteiger partial charge in [-0.1, -0.05) is 29.5 Å². The summed E-state index contributed by atoms with van der Waals surface area (Å²) in [5.74, 6) is 0. The maximum Gasteiger partial charge on any atom is 0.0502 e. The fourth-order valence-electron chi connectivity index (χ4n) is 0.441. The number of hydrogen-bond acceptors (Lipinski definition) is 1. The van der Waals surface area contributed by atoms with E-state index < -0.39 is 0 Å². The van der Waals surface area contributed by atoms with Crippen LogP contribution in [0.25, 0.3) is 0 Å². The van der Waals surface area contributed by atoms with Gasteiger partial charge in [-0.25, -0.2) is 0 Å².